The maximum Gasteiger partial charge on any atom is 0.240 e. The van der Waals surface area contributed by atoms with Gasteiger partial charge in [-0.3, -0.25) is 4.79 Å². The van der Waals surface area contributed by atoms with Gasteiger partial charge in [-0.2, -0.15) is 0 Å². The number of nitrogens with one attached hydrogen (secondary N) is 1. The molecule has 0 atom stereocenters. The van der Waals surface area contributed by atoms with Crippen LogP contribution in [0.25, 0.3) is 11.0 Å². The van der Waals surface area contributed by atoms with E-state index in [0.29, 0.717) is 29.2 Å². The molecule has 0 unspecified atom stereocenters. The van der Waals surface area contributed by atoms with Crippen molar-refractivity contribution < 1.29 is 9.18 Å². The van der Waals surface area contributed by atoms with E-state index < -0.39 is 5.82 Å². The molecule has 0 radical (unpaired) electrons. The minimum Gasteiger partial charge on any atom is -0.352 e. The van der Waals surface area contributed by atoms with Crippen LogP contribution in [0.5, 0.6) is 0 Å². The first-order chi connectivity index (χ1) is 9.92. The number of amides is 1. The minimum absolute atomic E-state index is 0.00495. The highest BCUT2D eigenvalue weighted by atomic mass is 35.5. The molecule has 2 aromatic rings. The van der Waals surface area contributed by atoms with Crippen molar-refractivity contribution in [2.45, 2.75) is 32.9 Å². The lowest BCUT2D eigenvalue weighted by atomic mass is 10.3. The summed E-state index contributed by atoms with van der Waals surface area (Å²) >= 11 is 11.6. The fourth-order valence-electron chi connectivity index (χ4n) is 2.13. The average Bonchev–Trinajstić information content (AvgIpc) is 2.68. The van der Waals surface area contributed by atoms with Gasteiger partial charge in [0.1, 0.15) is 18.2 Å². The molecule has 4 nitrogen and oxygen atoms in total. The molecule has 0 saturated heterocycles. The first-order valence-corrected chi connectivity index (χ1v) is 7.53. The predicted octanol–water partition coefficient (Wildman–Crippen LogP) is 3.13. The van der Waals surface area contributed by atoms with Crippen LogP contribution in [0.4, 0.5) is 4.39 Å². The van der Waals surface area contributed by atoms with E-state index in [2.05, 4.69) is 10.3 Å². The molecule has 0 spiro atoms. The number of hydrogen-bond acceptors (Lipinski definition) is 2. The third-order valence-corrected chi connectivity index (χ3v) is 3.42. The van der Waals surface area contributed by atoms with Gasteiger partial charge in [0.2, 0.25) is 5.91 Å². The molecule has 0 fully saturated rings. The summed E-state index contributed by atoms with van der Waals surface area (Å²) in [7, 11) is 0. The number of halogens is 3. The Hall–Kier alpha value is -1.33. The van der Waals surface area contributed by atoms with Gasteiger partial charge in [0.05, 0.1) is 16.1 Å². The summed E-state index contributed by atoms with van der Waals surface area (Å²) < 4.78 is 15.2. The van der Waals surface area contributed by atoms with E-state index in [1.807, 2.05) is 13.8 Å². The highest BCUT2D eigenvalue weighted by molar-refractivity contribution is 6.31. The van der Waals surface area contributed by atoms with Crippen LogP contribution in [-0.4, -0.2) is 27.4 Å². The summed E-state index contributed by atoms with van der Waals surface area (Å²) in [6.07, 6.45) is 0.491. The number of rotatable bonds is 5. The molecule has 1 heterocycles. The van der Waals surface area contributed by atoms with Crippen LogP contribution in [-0.2, 0) is 17.8 Å². The normalized spacial score (nSPS) is 11.3. The SMILES string of the molecule is CC(C)NC(=O)Cn1c(CCCl)nc2cc(F)c(Cl)cc21. The average molecular weight is 332 g/mol. The lowest BCUT2D eigenvalue weighted by molar-refractivity contribution is -0.122. The zero-order valence-corrected chi connectivity index (χ0v) is 13.3. The van der Waals surface area contributed by atoms with Gasteiger partial charge in [-0.1, -0.05) is 11.6 Å². The molecule has 21 heavy (non-hydrogen) atoms. The fourth-order valence-corrected chi connectivity index (χ4v) is 2.46. The number of benzene rings is 1. The molecule has 0 aliphatic heterocycles. The lowest BCUT2D eigenvalue weighted by Crippen LogP contribution is -2.33. The van der Waals surface area contributed by atoms with E-state index in [9.17, 15) is 9.18 Å². The fraction of sp³-hybridized carbons (Fsp3) is 0.429. The summed E-state index contributed by atoms with van der Waals surface area (Å²) in [5.41, 5.74) is 1.09. The monoisotopic (exact) mass is 331 g/mol. The minimum atomic E-state index is -0.530. The molecule has 0 saturated carbocycles. The van der Waals surface area contributed by atoms with Crippen molar-refractivity contribution in [3.8, 4) is 0 Å². The number of fused-ring (bicyclic) bond motifs is 1. The quantitative estimate of drug-likeness (QED) is 0.855. The second kappa shape index (κ2) is 6.62. The van der Waals surface area contributed by atoms with Crippen LogP contribution in [0.1, 0.15) is 19.7 Å². The molecule has 7 heteroatoms. The molecule has 1 N–H and O–H groups in total. The van der Waals surface area contributed by atoms with Crippen molar-refractivity contribution in [3.63, 3.8) is 0 Å². The second-order valence-electron chi connectivity index (χ2n) is 5.03. The summed E-state index contributed by atoms with van der Waals surface area (Å²) in [6.45, 7) is 3.87. The number of nitrogens with zero attached hydrogens (tertiary/aromatic N) is 2. The highest BCUT2D eigenvalue weighted by Crippen LogP contribution is 2.24. The Labute approximate surface area is 132 Å². The molecule has 2 rings (SSSR count). The van der Waals surface area contributed by atoms with E-state index in [1.54, 1.807) is 4.57 Å². The first-order valence-electron chi connectivity index (χ1n) is 6.62. The molecular formula is C14H16Cl2FN3O. The van der Waals surface area contributed by atoms with Gasteiger partial charge < -0.3 is 9.88 Å². The van der Waals surface area contributed by atoms with Gasteiger partial charge in [-0.15, -0.1) is 11.6 Å². The zero-order chi connectivity index (χ0) is 15.6. The summed E-state index contributed by atoms with van der Waals surface area (Å²) in [4.78, 5) is 16.3. The highest BCUT2D eigenvalue weighted by Gasteiger charge is 2.16. The molecule has 0 aliphatic carbocycles. The summed E-state index contributed by atoms with van der Waals surface area (Å²) in [5.74, 6) is 0.338. The Kier molecular flexibility index (Phi) is 5.06. The Morgan fingerprint density at radius 3 is 2.81 bits per heavy atom. The van der Waals surface area contributed by atoms with Crippen LogP contribution >= 0.6 is 23.2 Å². The molecule has 1 amide bonds. The Morgan fingerprint density at radius 1 is 1.48 bits per heavy atom. The lowest BCUT2D eigenvalue weighted by Gasteiger charge is -2.11. The topological polar surface area (TPSA) is 46.9 Å². The van der Waals surface area contributed by atoms with Crippen molar-refractivity contribution >= 4 is 40.1 Å². The molecule has 0 bridgehead atoms. The van der Waals surface area contributed by atoms with Gasteiger partial charge in [0.25, 0.3) is 0 Å². The van der Waals surface area contributed by atoms with Gasteiger partial charge in [0.15, 0.2) is 0 Å². The molecule has 0 aliphatic rings. The number of alkyl halides is 1. The largest absolute Gasteiger partial charge is 0.352 e. The standard InChI is InChI=1S/C14H16Cl2FN3O/c1-8(2)18-14(21)7-20-12-5-9(16)10(17)6-11(12)19-13(20)3-4-15/h5-6,8H,3-4,7H2,1-2H3,(H,18,21). The molecule has 1 aromatic heterocycles. The molecule has 1 aromatic carbocycles. The third-order valence-electron chi connectivity index (χ3n) is 2.94. The number of carbonyl (C=O) groups excluding carboxylic acids is 1. The van der Waals surface area contributed by atoms with Crippen LogP contribution in [0.2, 0.25) is 5.02 Å². The Balaban J connectivity index is 2.45. The van der Waals surface area contributed by atoms with Crippen molar-refractivity contribution in [2.75, 3.05) is 5.88 Å². The van der Waals surface area contributed by atoms with Crippen LogP contribution in [0.15, 0.2) is 12.1 Å². The number of aromatic nitrogens is 2. The Morgan fingerprint density at radius 2 is 2.19 bits per heavy atom. The number of aryl methyl sites for hydroxylation is 1. The van der Waals surface area contributed by atoms with Crippen LogP contribution in [0, 0.1) is 5.82 Å². The van der Waals surface area contributed by atoms with E-state index >= 15 is 0 Å². The van der Waals surface area contributed by atoms with Gasteiger partial charge in [-0.05, 0) is 19.9 Å². The van der Waals surface area contributed by atoms with E-state index in [4.69, 9.17) is 23.2 Å². The number of hydrogen-bond donors (Lipinski definition) is 1. The van der Waals surface area contributed by atoms with E-state index in [0.717, 1.165) is 0 Å². The third kappa shape index (κ3) is 3.66. The number of imidazole rings is 1. The van der Waals surface area contributed by atoms with E-state index in [1.165, 1.54) is 12.1 Å². The maximum absolute atomic E-state index is 13.5. The zero-order valence-electron chi connectivity index (χ0n) is 11.8. The second-order valence-corrected chi connectivity index (χ2v) is 5.82. The first kappa shape index (κ1) is 16.0. The summed E-state index contributed by atoms with van der Waals surface area (Å²) in [5, 5.41) is 2.82. The van der Waals surface area contributed by atoms with Gasteiger partial charge >= 0.3 is 0 Å². The molecular weight excluding hydrogens is 316 g/mol. The van der Waals surface area contributed by atoms with Crippen molar-refractivity contribution in [1.29, 1.82) is 0 Å². The van der Waals surface area contributed by atoms with Gasteiger partial charge in [0, 0.05) is 24.4 Å². The molecule has 114 valence electrons. The van der Waals surface area contributed by atoms with Crippen molar-refractivity contribution in [3.05, 3.63) is 28.8 Å². The van der Waals surface area contributed by atoms with Crippen LogP contribution < -0.4 is 5.32 Å². The van der Waals surface area contributed by atoms with Gasteiger partial charge in [-0.25, -0.2) is 9.37 Å². The Bertz CT molecular complexity index is 670. The summed E-state index contributed by atoms with van der Waals surface area (Å²) in [6, 6.07) is 2.80. The predicted molar refractivity (Wildman–Crippen MR) is 82.4 cm³/mol. The van der Waals surface area contributed by atoms with Crippen molar-refractivity contribution in [2.24, 2.45) is 0 Å². The number of carbonyl (C=O) groups is 1. The van der Waals surface area contributed by atoms with E-state index in [-0.39, 0.29) is 23.5 Å². The smallest absolute Gasteiger partial charge is 0.240 e. The van der Waals surface area contributed by atoms with Crippen LogP contribution in [0.3, 0.4) is 0 Å². The van der Waals surface area contributed by atoms with Crippen molar-refractivity contribution in [1.82, 2.24) is 14.9 Å². The maximum atomic E-state index is 13.5.